The van der Waals surface area contributed by atoms with Crippen LogP contribution in [0.3, 0.4) is 0 Å². The number of hydrogen-bond acceptors (Lipinski definition) is 3. The summed E-state index contributed by atoms with van der Waals surface area (Å²) in [6, 6.07) is 0.579. The minimum Gasteiger partial charge on any atom is -0.340 e. The SMILES string of the molecule is CC(C)CC(CN)CC(=O)N1CCN(C(C)C)CC1. The molecule has 1 aliphatic heterocycles. The lowest BCUT2D eigenvalue weighted by atomic mass is 9.93. The van der Waals surface area contributed by atoms with Crippen LogP contribution in [0.4, 0.5) is 0 Å². The van der Waals surface area contributed by atoms with Gasteiger partial charge in [0, 0.05) is 38.6 Å². The Kier molecular flexibility index (Phi) is 6.80. The van der Waals surface area contributed by atoms with Crippen molar-refractivity contribution in [3.63, 3.8) is 0 Å². The second-order valence-corrected chi connectivity index (χ2v) is 6.45. The Bertz CT molecular complexity index is 271. The summed E-state index contributed by atoms with van der Waals surface area (Å²) in [5, 5.41) is 0. The van der Waals surface area contributed by atoms with Gasteiger partial charge in [0.2, 0.25) is 5.91 Å². The van der Waals surface area contributed by atoms with Crippen LogP contribution in [0.25, 0.3) is 0 Å². The third kappa shape index (κ3) is 5.49. The first-order chi connectivity index (χ1) is 8.93. The lowest BCUT2D eigenvalue weighted by Crippen LogP contribution is -2.51. The van der Waals surface area contributed by atoms with E-state index in [2.05, 4.69) is 32.6 Å². The Balaban J connectivity index is 2.38. The Morgan fingerprint density at radius 3 is 2.11 bits per heavy atom. The predicted molar refractivity (Wildman–Crippen MR) is 79.9 cm³/mol. The van der Waals surface area contributed by atoms with E-state index in [9.17, 15) is 4.79 Å². The summed E-state index contributed by atoms with van der Waals surface area (Å²) >= 11 is 0. The van der Waals surface area contributed by atoms with Gasteiger partial charge < -0.3 is 10.6 Å². The van der Waals surface area contributed by atoms with Gasteiger partial charge in [-0.25, -0.2) is 0 Å². The van der Waals surface area contributed by atoms with Gasteiger partial charge in [0.05, 0.1) is 0 Å². The molecular weight excluding hydrogens is 238 g/mol. The van der Waals surface area contributed by atoms with E-state index in [0.717, 1.165) is 32.6 Å². The van der Waals surface area contributed by atoms with Crippen molar-refractivity contribution in [2.45, 2.75) is 46.6 Å². The highest BCUT2D eigenvalue weighted by Gasteiger charge is 2.24. The van der Waals surface area contributed by atoms with Crippen molar-refractivity contribution >= 4 is 5.91 Å². The maximum absolute atomic E-state index is 12.3. The minimum atomic E-state index is 0.291. The molecule has 0 aromatic rings. The van der Waals surface area contributed by atoms with Gasteiger partial charge in [-0.1, -0.05) is 13.8 Å². The molecule has 0 aliphatic carbocycles. The highest BCUT2D eigenvalue weighted by atomic mass is 16.2. The van der Waals surface area contributed by atoms with E-state index in [4.69, 9.17) is 5.73 Å². The van der Waals surface area contributed by atoms with Crippen LogP contribution in [-0.4, -0.2) is 54.5 Å². The topological polar surface area (TPSA) is 49.6 Å². The molecule has 0 aromatic heterocycles. The molecule has 1 fully saturated rings. The van der Waals surface area contributed by atoms with Crippen molar-refractivity contribution in [2.24, 2.45) is 17.6 Å². The predicted octanol–water partition coefficient (Wildman–Crippen LogP) is 1.55. The highest BCUT2D eigenvalue weighted by molar-refractivity contribution is 5.76. The van der Waals surface area contributed by atoms with Crippen LogP contribution in [0.15, 0.2) is 0 Å². The highest BCUT2D eigenvalue weighted by Crippen LogP contribution is 2.16. The number of nitrogens with two attached hydrogens (primary N) is 1. The second-order valence-electron chi connectivity index (χ2n) is 6.45. The molecule has 0 aromatic carbocycles. The maximum Gasteiger partial charge on any atom is 0.222 e. The zero-order valence-electron chi connectivity index (χ0n) is 13.1. The first kappa shape index (κ1) is 16.4. The van der Waals surface area contributed by atoms with Crippen LogP contribution < -0.4 is 5.73 Å². The largest absolute Gasteiger partial charge is 0.340 e. The molecular formula is C15H31N3O. The fourth-order valence-corrected chi connectivity index (χ4v) is 2.79. The van der Waals surface area contributed by atoms with Gasteiger partial charge in [0.1, 0.15) is 0 Å². The van der Waals surface area contributed by atoms with Gasteiger partial charge in [-0.15, -0.1) is 0 Å². The van der Waals surface area contributed by atoms with Crippen molar-refractivity contribution in [1.29, 1.82) is 0 Å². The summed E-state index contributed by atoms with van der Waals surface area (Å²) in [7, 11) is 0. The summed E-state index contributed by atoms with van der Waals surface area (Å²) < 4.78 is 0. The van der Waals surface area contributed by atoms with E-state index in [1.807, 2.05) is 4.90 Å². The van der Waals surface area contributed by atoms with Gasteiger partial charge in [0.15, 0.2) is 0 Å². The summed E-state index contributed by atoms with van der Waals surface area (Å²) in [5.41, 5.74) is 5.78. The number of amides is 1. The van der Waals surface area contributed by atoms with Crippen LogP contribution >= 0.6 is 0 Å². The number of carbonyl (C=O) groups is 1. The fourth-order valence-electron chi connectivity index (χ4n) is 2.79. The molecule has 0 spiro atoms. The van der Waals surface area contributed by atoms with Crippen molar-refractivity contribution in [1.82, 2.24) is 9.80 Å². The second kappa shape index (κ2) is 7.85. The van der Waals surface area contributed by atoms with Crippen molar-refractivity contribution in [3.05, 3.63) is 0 Å². The fraction of sp³-hybridized carbons (Fsp3) is 0.933. The molecule has 1 rings (SSSR count). The lowest BCUT2D eigenvalue weighted by molar-refractivity contribution is -0.134. The van der Waals surface area contributed by atoms with Crippen LogP contribution in [0.5, 0.6) is 0 Å². The molecule has 4 nitrogen and oxygen atoms in total. The molecule has 0 radical (unpaired) electrons. The molecule has 1 saturated heterocycles. The minimum absolute atomic E-state index is 0.291. The van der Waals surface area contributed by atoms with Crippen molar-refractivity contribution in [3.8, 4) is 0 Å². The molecule has 112 valence electrons. The van der Waals surface area contributed by atoms with E-state index < -0.39 is 0 Å². The van der Waals surface area contributed by atoms with Gasteiger partial charge in [0.25, 0.3) is 0 Å². The van der Waals surface area contributed by atoms with Crippen LogP contribution in [0.2, 0.25) is 0 Å². The normalized spacial score (nSPS) is 19.2. The first-order valence-electron chi connectivity index (χ1n) is 7.66. The summed E-state index contributed by atoms with van der Waals surface area (Å²) in [5.74, 6) is 1.24. The Morgan fingerprint density at radius 1 is 1.11 bits per heavy atom. The number of rotatable bonds is 6. The van der Waals surface area contributed by atoms with Crippen molar-refractivity contribution in [2.75, 3.05) is 32.7 Å². The molecule has 1 amide bonds. The van der Waals surface area contributed by atoms with Crippen LogP contribution in [0.1, 0.15) is 40.5 Å². The number of hydrogen-bond donors (Lipinski definition) is 1. The Labute approximate surface area is 118 Å². The number of piperazine rings is 1. The third-order valence-electron chi connectivity index (χ3n) is 4.00. The van der Waals surface area contributed by atoms with Crippen LogP contribution in [-0.2, 0) is 4.79 Å². The summed E-state index contributed by atoms with van der Waals surface area (Å²) in [6.45, 7) is 13.2. The smallest absolute Gasteiger partial charge is 0.222 e. The van der Waals surface area contributed by atoms with E-state index >= 15 is 0 Å². The summed E-state index contributed by atoms with van der Waals surface area (Å²) in [4.78, 5) is 16.7. The van der Waals surface area contributed by atoms with Gasteiger partial charge in [-0.05, 0) is 38.6 Å². The monoisotopic (exact) mass is 269 g/mol. The molecule has 2 N–H and O–H groups in total. The molecule has 0 bridgehead atoms. The molecule has 1 aliphatic rings. The van der Waals surface area contributed by atoms with E-state index in [1.54, 1.807) is 0 Å². The van der Waals surface area contributed by atoms with E-state index in [1.165, 1.54) is 0 Å². The molecule has 4 heteroatoms. The standard InChI is InChI=1S/C15H31N3O/c1-12(2)9-14(11-16)10-15(19)18-7-5-17(6-8-18)13(3)4/h12-14H,5-11,16H2,1-4H3. The maximum atomic E-state index is 12.3. The van der Waals surface area contributed by atoms with Gasteiger partial charge >= 0.3 is 0 Å². The first-order valence-corrected chi connectivity index (χ1v) is 7.66. The zero-order chi connectivity index (χ0) is 14.4. The molecule has 19 heavy (non-hydrogen) atoms. The number of nitrogens with zero attached hydrogens (tertiary/aromatic N) is 2. The molecule has 1 atom stereocenters. The van der Waals surface area contributed by atoms with Crippen LogP contribution in [0, 0.1) is 11.8 Å². The molecule has 1 heterocycles. The summed E-state index contributed by atoms with van der Waals surface area (Å²) in [6.07, 6.45) is 1.67. The van der Waals surface area contributed by atoms with Gasteiger partial charge in [-0.2, -0.15) is 0 Å². The van der Waals surface area contributed by atoms with Gasteiger partial charge in [-0.3, -0.25) is 9.69 Å². The quantitative estimate of drug-likeness (QED) is 0.796. The zero-order valence-corrected chi connectivity index (χ0v) is 13.1. The molecule has 1 unspecified atom stereocenters. The Hall–Kier alpha value is -0.610. The molecule has 0 saturated carbocycles. The number of carbonyl (C=O) groups excluding carboxylic acids is 1. The van der Waals surface area contributed by atoms with E-state index in [0.29, 0.717) is 36.8 Å². The van der Waals surface area contributed by atoms with E-state index in [-0.39, 0.29) is 0 Å². The Morgan fingerprint density at radius 2 is 1.68 bits per heavy atom. The average Bonchev–Trinajstić information content (AvgIpc) is 2.37. The average molecular weight is 269 g/mol. The third-order valence-corrected chi connectivity index (χ3v) is 4.00. The van der Waals surface area contributed by atoms with Crippen molar-refractivity contribution < 1.29 is 4.79 Å². The lowest BCUT2D eigenvalue weighted by Gasteiger charge is -2.37.